The van der Waals surface area contributed by atoms with Gasteiger partial charge < -0.3 is 10.4 Å². The van der Waals surface area contributed by atoms with E-state index in [0.29, 0.717) is 17.0 Å². The number of thioether (sulfide) groups is 1. The smallest absolute Gasteiger partial charge is 0.252 e. The normalized spacial score (nSPS) is 12.2. The van der Waals surface area contributed by atoms with Crippen LogP contribution in [-0.4, -0.2) is 29.4 Å². The molecule has 0 radical (unpaired) electrons. The summed E-state index contributed by atoms with van der Waals surface area (Å²) in [6.07, 6.45) is 0.551. The molecule has 1 unspecified atom stereocenters. The van der Waals surface area contributed by atoms with E-state index in [2.05, 4.69) is 5.32 Å². The van der Waals surface area contributed by atoms with Crippen LogP contribution in [0.2, 0.25) is 5.02 Å². The van der Waals surface area contributed by atoms with Crippen LogP contribution in [0.3, 0.4) is 0 Å². The maximum Gasteiger partial charge on any atom is 0.252 e. The second-order valence-electron chi connectivity index (χ2n) is 3.96. The Morgan fingerprint density at radius 1 is 1.56 bits per heavy atom. The highest BCUT2D eigenvalue weighted by molar-refractivity contribution is 7.99. The lowest BCUT2D eigenvalue weighted by molar-refractivity contribution is 0.0931. The molecule has 1 aromatic carbocycles. The maximum atomic E-state index is 12.1. The molecule has 0 aliphatic rings. The first-order chi connectivity index (χ1) is 8.58. The van der Waals surface area contributed by atoms with Crippen LogP contribution in [0.25, 0.3) is 0 Å². The van der Waals surface area contributed by atoms with E-state index >= 15 is 0 Å². The standard InChI is InChI=1S/C13H18ClNO2S/c1-3-18-12-8-10(14)4-5-11(12)13(17)15-9(2)6-7-16/h4-5,8-9,16H,3,6-7H2,1-2H3,(H,15,17). The summed E-state index contributed by atoms with van der Waals surface area (Å²) in [6.45, 7) is 3.97. The van der Waals surface area contributed by atoms with Crippen molar-refractivity contribution in [3.05, 3.63) is 28.8 Å². The fourth-order valence-electron chi connectivity index (χ4n) is 1.53. The molecule has 5 heteroatoms. The van der Waals surface area contributed by atoms with E-state index in [-0.39, 0.29) is 18.6 Å². The Bertz CT molecular complexity index is 412. The lowest BCUT2D eigenvalue weighted by Crippen LogP contribution is -2.33. The van der Waals surface area contributed by atoms with Gasteiger partial charge in [0.05, 0.1) is 5.56 Å². The first-order valence-electron chi connectivity index (χ1n) is 5.92. The highest BCUT2D eigenvalue weighted by Crippen LogP contribution is 2.26. The summed E-state index contributed by atoms with van der Waals surface area (Å²) in [5.74, 6) is 0.760. The van der Waals surface area contributed by atoms with Crippen molar-refractivity contribution < 1.29 is 9.90 Å². The Hall–Kier alpha value is -0.710. The van der Waals surface area contributed by atoms with Gasteiger partial charge in [0.2, 0.25) is 0 Å². The summed E-state index contributed by atoms with van der Waals surface area (Å²) >= 11 is 7.52. The SMILES string of the molecule is CCSc1cc(Cl)ccc1C(=O)NC(C)CCO. The van der Waals surface area contributed by atoms with Crippen LogP contribution in [0, 0.1) is 0 Å². The van der Waals surface area contributed by atoms with Gasteiger partial charge in [-0.2, -0.15) is 0 Å². The third kappa shape index (κ3) is 4.52. The quantitative estimate of drug-likeness (QED) is 0.791. The summed E-state index contributed by atoms with van der Waals surface area (Å²) in [7, 11) is 0. The lowest BCUT2D eigenvalue weighted by atomic mass is 10.2. The van der Waals surface area contributed by atoms with E-state index < -0.39 is 0 Å². The van der Waals surface area contributed by atoms with Crippen molar-refractivity contribution in [2.45, 2.75) is 31.2 Å². The third-order valence-corrected chi connectivity index (χ3v) is 3.60. The van der Waals surface area contributed by atoms with E-state index in [4.69, 9.17) is 16.7 Å². The van der Waals surface area contributed by atoms with Crippen molar-refractivity contribution in [3.8, 4) is 0 Å². The van der Waals surface area contributed by atoms with Crippen molar-refractivity contribution in [2.24, 2.45) is 0 Å². The number of rotatable bonds is 6. The molecule has 0 aliphatic heterocycles. The molecule has 0 saturated carbocycles. The highest BCUT2D eigenvalue weighted by atomic mass is 35.5. The number of nitrogens with one attached hydrogen (secondary N) is 1. The molecule has 0 saturated heterocycles. The molecule has 2 N–H and O–H groups in total. The van der Waals surface area contributed by atoms with E-state index in [1.165, 1.54) is 0 Å². The van der Waals surface area contributed by atoms with Gasteiger partial charge in [-0.25, -0.2) is 0 Å². The zero-order chi connectivity index (χ0) is 13.5. The topological polar surface area (TPSA) is 49.3 Å². The van der Waals surface area contributed by atoms with Crippen molar-refractivity contribution in [1.82, 2.24) is 5.32 Å². The molecular weight excluding hydrogens is 270 g/mol. The third-order valence-electron chi connectivity index (χ3n) is 2.43. The van der Waals surface area contributed by atoms with Crippen molar-refractivity contribution in [3.63, 3.8) is 0 Å². The predicted molar refractivity (Wildman–Crippen MR) is 76.5 cm³/mol. The van der Waals surface area contributed by atoms with E-state index in [9.17, 15) is 4.79 Å². The van der Waals surface area contributed by atoms with Gasteiger partial charge in [-0.3, -0.25) is 4.79 Å². The molecule has 18 heavy (non-hydrogen) atoms. The molecule has 0 heterocycles. The lowest BCUT2D eigenvalue weighted by Gasteiger charge is -2.14. The number of carbonyl (C=O) groups excluding carboxylic acids is 1. The van der Waals surface area contributed by atoms with Crippen LogP contribution >= 0.6 is 23.4 Å². The van der Waals surface area contributed by atoms with E-state index in [1.807, 2.05) is 13.8 Å². The molecular formula is C13H18ClNO2S. The number of carbonyl (C=O) groups is 1. The van der Waals surface area contributed by atoms with Gasteiger partial charge in [0.1, 0.15) is 0 Å². The monoisotopic (exact) mass is 287 g/mol. The number of benzene rings is 1. The van der Waals surface area contributed by atoms with Crippen LogP contribution in [-0.2, 0) is 0 Å². The molecule has 3 nitrogen and oxygen atoms in total. The van der Waals surface area contributed by atoms with Gasteiger partial charge >= 0.3 is 0 Å². The minimum Gasteiger partial charge on any atom is -0.396 e. The van der Waals surface area contributed by atoms with Gasteiger partial charge in [0.25, 0.3) is 5.91 Å². The summed E-state index contributed by atoms with van der Waals surface area (Å²) < 4.78 is 0. The average Bonchev–Trinajstić information content (AvgIpc) is 2.29. The number of amides is 1. The van der Waals surface area contributed by atoms with Crippen molar-refractivity contribution >= 4 is 29.3 Å². The molecule has 0 aliphatic carbocycles. The first kappa shape index (κ1) is 15.3. The molecule has 1 amide bonds. The molecule has 0 fully saturated rings. The van der Waals surface area contributed by atoms with Gasteiger partial charge in [-0.1, -0.05) is 18.5 Å². The Labute approximate surface area is 117 Å². The van der Waals surface area contributed by atoms with Crippen molar-refractivity contribution in [1.29, 1.82) is 0 Å². The second kappa shape index (κ2) is 7.67. The highest BCUT2D eigenvalue weighted by Gasteiger charge is 2.14. The first-order valence-corrected chi connectivity index (χ1v) is 7.29. The molecule has 100 valence electrons. The van der Waals surface area contributed by atoms with Gasteiger partial charge in [0, 0.05) is 22.6 Å². The summed E-state index contributed by atoms with van der Waals surface area (Å²) in [4.78, 5) is 13.0. The largest absolute Gasteiger partial charge is 0.396 e. The minimum absolute atomic E-state index is 0.0438. The van der Waals surface area contributed by atoms with E-state index in [1.54, 1.807) is 30.0 Å². The Balaban J connectivity index is 2.84. The average molecular weight is 288 g/mol. The van der Waals surface area contributed by atoms with Crippen LogP contribution in [0.1, 0.15) is 30.6 Å². The molecule has 1 aromatic rings. The van der Waals surface area contributed by atoms with Crippen LogP contribution < -0.4 is 5.32 Å². The number of aliphatic hydroxyl groups is 1. The number of hydrogen-bond donors (Lipinski definition) is 2. The zero-order valence-corrected chi connectivity index (χ0v) is 12.1. The number of aliphatic hydroxyl groups excluding tert-OH is 1. The van der Waals surface area contributed by atoms with Gasteiger partial charge in [-0.05, 0) is 37.3 Å². The molecule has 1 atom stereocenters. The summed E-state index contributed by atoms with van der Waals surface area (Å²) in [6, 6.07) is 5.22. The van der Waals surface area contributed by atoms with Crippen LogP contribution in [0.4, 0.5) is 0 Å². The molecule has 0 aromatic heterocycles. The van der Waals surface area contributed by atoms with Crippen LogP contribution in [0.15, 0.2) is 23.1 Å². The fourth-order valence-corrected chi connectivity index (χ4v) is 2.60. The Kier molecular flexibility index (Phi) is 6.54. The fraction of sp³-hybridized carbons (Fsp3) is 0.462. The summed E-state index contributed by atoms with van der Waals surface area (Å²) in [5, 5.41) is 12.3. The van der Waals surface area contributed by atoms with Gasteiger partial charge in [0.15, 0.2) is 0 Å². The maximum absolute atomic E-state index is 12.1. The van der Waals surface area contributed by atoms with Crippen LogP contribution in [0.5, 0.6) is 0 Å². The second-order valence-corrected chi connectivity index (χ2v) is 5.70. The Morgan fingerprint density at radius 2 is 2.28 bits per heavy atom. The zero-order valence-electron chi connectivity index (χ0n) is 10.6. The molecule has 0 bridgehead atoms. The minimum atomic E-state index is -0.122. The van der Waals surface area contributed by atoms with Gasteiger partial charge in [-0.15, -0.1) is 11.8 Å². The number of halogens is 1. The molecule has 0 spiro atoms. The summed E-state index contributed by atoms with van der Waals surface area (Å²) in [5.41, 5.74) is 0.635. The number of hydrogen-bond acceptors (Lipinski definition) is 3. The predicted octanol–water partition coefficient (Wildman–Crippen LogP) is 2.95. The Morgan fingerprint density at radius 3 is 2.89 bits per heavy atom. The van der Waals surface area contributed by atoms with Crippen molar-refractivity contribution in [2.75, 3.05) is 12.4 Å². The molecule has 1 rings (SSSR count). The van der Waals surface area contributed by atoms with E-state index in [0.717, 1.165) is 10.6 Å².